The van der Waals surface area contributed by atoms with E-state index in [4.69, 9.17) is 0 Å². The van der Waals surface area contributed by atoms with Crippen molar-refractivity contribution >= 4 is 11.6 Å². The van der Waals surface area contributed by atoms with Gasteiger partial charge in [-0.25, -0.2) is 0 Å². The van der Waals surface area contributed by atoms with Gasteiger partial charge in [0.15, 0.2) is 0 Å². The van der Waals surface area contributed by atoms with Gasteiger partial charge in [0, 0.05) is 37.4 Å². The highest BCUT2D eigenvalue weighted by molar-refractivity contribution is 5.94. The second-order valence-corrected chi connectivity index (χ2v) is 5.91. The Balaban J connectivity index is 1.66. The van der Waals surface area contributed by atoms with Crippen molar-refractivity contribution < 1.29 is 4.79 Å². The molecule has 3 nitrogen and oxygen atoms in total. The van der Waals surface area contributed by atoms with Gasteiger partial charge in [-0.1, -0.05) is 24.3 Å². The van der Waals surface area contributed by atoms with E-state index in [1.165, 1.54) is 16.8 Å². The van der Waals surface area contributed by atoms with E-state index in [9.17, 15) is 4.79 Å². The van der Waals surface area contributed by atoms with Gasteiger partial charge in [-0.2, -0.15) is 0 Å². The standard InChI is InChI=1S/C19H22N2O/c1-15-8-9-17(14-16(15)2)19(22)21-12-10-20(11-13-21)18-6-4-3-5-7-18/h3-9,14H,10-13H2,1-2H3. The summed E-state index contributed by atoms with van der Waals surface area (Å²) in [6.45, 7) is 7.46. The Morgan fingerprint density at radius 1 is 0.864 bits per heavy atom. The summed E-state index contributed by atoms with van der Waals surface area (Å²) in [5.41, 5.74) is 4.44. The van der Waals surface area contributed by atoms with Gasteiger partial charge in [0.2, 0.25) is 0 Å². The Morgan fingerprint density at radius 2 is 1.55 bits per heavy atom. The Kier molecular flexibility index (Phi) is 4.14. The third-order valence-electron chi connectivity index (χ3n) is 4.44. The number of amides is 1. The van der Waals surface area contributed by atoms with E-state index >= 15 is 0 Å². The molecule has 0 spiro atoms. The fourth-order valence-electron chi connectivity index (χ4n) is 2.86. The molecule has 1 aliphatic heterocycles. The predicted octanol–water partition coefficient (Wildman–Crippen LogP) is 3.27. The van der Waals surface area contributed by atoms with Gasteiger partial charge in [-0.15, -0.1) is 0 Å². The Hall–Kier alpha value is -2.29. The molecule has 1 saturated heterocycles. The van der Waals surface area contributed by atoms with Crippen LogP contribution in [0.3, 0.4) is 0 Å². The third-order valence-corrected chi connectivity index (χ3v) is 4.44. The van der Waals surface area contributed by atoms with Crippen LogP contribution in [-0.4, -0.2) is 37.0 Å². The molecule has 1 heterocycles. The molecule has 0 bridgehead atoms. The molecule has 0 N–H and O–H groups in total. The van der Waals surface area contributed by atoms with E-state index in [-0.39, 0.29) is 5.91 Å². The molecular formula is C19H22N2O. The van der Waals surface area contributed by atoms with Crippen molar-refractivity contribution in [1.82, 2.24) is 4.90 Å². The normalized spacial score (nSPS) is 15.0. The smallest absolute Gasteiger partial charge is 0.253 e. The van der Waals surface area contributed by atoms with Crippen LogP contribution in [0.1, 0.15) is 21.5 Å². The number of carbonyl (C=O) groups is 1. The van der Waals surface area contributed by atoms with Crippen LogP contribution in [0, 0.1) is 13.8 Å². The fraction of sp³-hybridized carbons (Fsp3) is 0.316. The topological polar surface area (TPSA) is 23.6 Å². The van der Waals surface area contributed by atoms with Crippen LogP contribution in [0.5, 0.6) is 0 Å². The van der Waals surface area contributed by atoms with E-state index in [0.29, 0.717) is 0 Å². The molecule has 3 heteroatoms. The molecule has 0 aromatic heterocycles. The van der Waals surface area contributed by atoms with Crippen LogP contribution in [-0.2, 0) is 0 Å². The molecule has 114 valence electrons. The molecule has 0 atom stereocenters. The van der Waals surface area contributed by atoms with Gasteiger partial charge in [-0.05, 0) is 49.2 Å². The van der Waals surface area contributed by atoms with Gasteiger partial charge in [-0.3, -0.25) is 4.79 Å². The number of piperazine rings is 1. The van der Waals surface area contributed by atoms with Gasteiger partial charge >= 0.3 is 0 Å². The summed E-state index contributed by atoms with van der Waals surface area (Å²) in [6.07, 6.45) is 0. The van der Waals surface area contributed by atoms with E-state index in [2.05, 4.69) is 43.0 Å². The first-order valence-corrected chi connectivity index (χ1v) is 7.81. The van der Waals surface area contributed by atoms with Crippen molar-refractivity contribution in [3.05, 3.63) is 65.2 Å². The van der Waals surface area contributed by atoms with E-state index in [0.717, 1.165) is 31.7 Å². The molecule has 1 fully saturated rings. The van der Waals surface area contributed by atoms with E-state index < -0.39 is 0 Å². The minimum Gasteiger partial charge on any atom is -0.368 e. The lowest BCUT2D eigenvalue weighted by Gasteiger charge is -2.36. The van der Waals surface area contributed by atoms with Crippen molar-refractivity contribution in [2.45, 2.75) is 13.8 Å². The van der Waals surface area contributed by atoms with Crippen LogP contribution in [0.4, 0.5) is 5.69 Å². The molecular weight excluding hydrogens is 272 g/mol. The molecule has 2 aromatic carbocycles. The summed E-state index contributed by atoms with van der Waals surface area (Å²) in [5.74, 6) is 0.149. The predicted molar refractivity (Wildman–Crippen MR) is 90.5 cm³/mol. The molecule has 0 saturated carbocycles. The first-order chi connectivity index (χ1) is 10.6. The molecule has 2 aromatic rings. The van der Waals surface area contributed by atoms with Gasteiger partial charge < -0.3 is 9.80 Å². The number of aryl methyl sites for hydroxylation is 2. The lowest BCUT2D eigenvalue weighted by molar-refractivity contribution is 0.0746. The van der Waals surface area contributed by atoms with Crippen molar-refractivity contribution in [3.63, 3.8) is 0 Å². The first-order valence-electron chi connectivity index (χ1n) is 7.81. The second kappa shape index (κ2) is 6.22. The zero-order valence-electron chi connectivity index (χ0n) is 13.2. The maximum absolute atomic E-state index is 12.6. The van der Waals surface area contributed by atoms with Crippen molar-refractivity contribution in [2.75, 3.05) is 31.1 Å². The number of anilines is 1. The summed E-state index contributed by atoms with van der Waals surface area (Å²) < 4.78 is 0. The molecule has 0 radical (unpaired) electrons. The second-order valence-electron chi connectivity index (χ2n) is 5.91. The Labute approximate surface area is 132 Å². The number of carbonyl (C=O) groups excluding carboxylic acids is 1. The number of hydrogen-bond acceptors (Lipinski definition) is 2. The molecule has 0 aliphatic carbocycles. The number of hydrogen-bond donors (Lipinski definition) is 0. The summed E-state index contributed by atoms with van der Waals surface area (Å²) in [4.78, 5) is 16.9. The summed E-state index contributed by atoms with van der Waals surface area (Å²) in [7, 11) is 0. The van der Waals surface area contributed by atoms with Crippen molar-refractivity contribution in [2.24, 2.45) is 0 Å². The number of rotatable bonds is 2. The molecule has 3 rings (SSSR count). The van der Waals surface area contributed by atoms with E-state index in [1.807, 2.05) is 29.2 Å². The van der Waals surface area contributed by atoms with Gasteiger partial charge in [0.1, 0.15) is 0 Å². The Morgan fingerprint density at radius 3 is 2.18 bits per heavy atom. The highest BCUT2D eigenvalue weighted by atomic mass is 16.2. The number of benzene rings is 2. The first kappa shape index (κ1) is 14.6. The third kappa shape index (κ3) is 2.98. The summed E-state index contributed by atoms with van der Waals surface area (Å²) >= 11 is 0. The number of nitrogens with zero attached hydrogens (tertiary/aromatic N) is 2. The quantitative estimate of drug-likeness (QED) is 0.848. The molecule has 22 heavy (non-hydrogen) atoms. The lowest BCUT2D eigenvalue weighted by Crippen LogP contribution is -2.48. The summed E-state index contributed by atoms with van der Waals surface area (Å²) in [6, 6.07) is 16.4. The molecule has 1 amide bonds. The molecule has 1 aliphatic rings. The lowest BCUT2D eigenvalue weighted by atomic mass is 10.1. The van der Waals surface area contributed by atoms with Crippen LogP contribution >= 0.6 is 0 Å². The van der Waals surface area contributed by atoms with Crippen LogP contribution in [0.2, 0.25) is 0 Å². The zero-order chi connectivity index (χ0) is 15.5. The zero-order valence-corrected chi connectivity index (χ0v) is 13.2. The van der Waals surface area contributed by atoms with Gasteiger partial charge in [0.25, 0.3) is 5.91 Å². The Bertz CT molecular complexity index is 658. The van der Waals surface area contributed by atoms with Gasteiger partial charge in [0.05, 0.1) is 0 Å². The fourth-order valence-corrected chi connectivity index (χ4v) is 2.86. The monoisotopic (exact) mass is 294 g/mol. The van der Waals surface area contributed by atoms with Crippen molar-refractivity contribution in [1.29, 1.82) is 0 Å². The number of para-hydroxylation sites is 1. The maximum Gasteiger partial charge on any atom is 0.253 e. The van der Waals surface area contributed by atoms with Crippen LogP contribution < -0.4 is 4.90 Å². The van der Waals surface area contributed by atoms with E-state index in [1.54, 1.807) is 0 Å². The van der Waals surface area contributed by atoms with Crippen molar-refractivity contribution in [3.8, 4) is 0 Å². The minimum atomic E-state index is 0.149. The average Bonchev–Trinajstić information content (AvgIpc) is 2.58. The SMILES string of the molecule is Cc1ccc(C(=O)N2CCN(c3ccccc3)CC2)cc1C. The average molecular weight is 294 g/mol. The largest absolute Gasteiger partial charge is 0.368 e. The van der Waals surface area contributed by atoms with Crippen LogP contribution in [0.25, 0.3) is 0 Å². The highest BCUT2D eigenvalue weighted by Gasteiger charge is 2.22. The van der Waals surface area contributed by atoms with Crippen LogP contribution in [0.15, 0.2) is 48.5 Å². The highest BCUT2D eigenvalue weighted by Crippen LogP contribution is 2.17. The summed E-state index contributed by atoms with van der Waals surface area (Å²) in [5, 5.41) is 0. The maximum atomic E-state index is 12.6. The minimum absolute atomic E-state index is 0.149. The molecule has 0 unspecified atom stereocenters.